The minimum atomic E-state index is -0.0165. The van der Waals surface area contributed by atoms with Crippen LogP contribution >= 0.6 is 0 Å². The van der Waals surface area contributed by atoms with E-state index in [2.05, 4.69) is 25.7 Å². The van der Waals surface area contributed by atoms with E-state index < -0.39 is 0 Å². The van der Waals surface area contributed by atoms with Crippen molar-refractivity contribution in [2.75, 3.05) is 32.8 Å². The fourth-order valence-electron chi connectivity index (χ4n) is 1.85. The molecule has 0 aromatic rings. The molecule has 0 bridgehead atoms. The van der Waals surface area contributed by atoms with Crippen molar-refractivity contribution in [2.45, 2.75) is 39.3 Å². The molecule has 0 saturated carbocycles. The lowest BCUT2D eigenvalue weighted by Crippen LogP contribution is -2.50. The second-order valence-corrected chi connectivity index (χ2v) is 5.60. The highest BCUT2D eigenvalue weighted by Crippen LogP contribution is 2.21. The van der Waals surface area contributed by atoms with Gasteiger partial charge in [0.15, 0.2) is 0 Å². The third kappa shape index (κ3) is 4.01. The van der Waals surface area contributed by atoms with Crippen LogP contribution in [0, 0.1) is 5.41 Å². The summed E-state index contributed by atoms with van der Waals surface area (Å²) in [4.78, 5) is 2.39. The van der Waals surface area contributed by atoms with Crippen LogP contribution < -0.4 is 5.73 Å². The van der Waals surface area contributed by atoms with Crippen molar-refractivity contribution in [3.63, 3.8) is 0 Å². The zero-order chi connectivity index (χ0) is 12.2. The summed E-state index contributed by atoms with van der Waals surface area (Å²) in [6.07, 6.45) is 1.07. The van der Waals surface area contributed by atoms with Gasteiger partial charge in [0.1, 0.15) is 0 Å². The molecule has 0 spiro atoms. The third-order valence-corrected chi connectivity index (χ3v) is 3.47. The molecular formula is C12H26N2O2. The van der Waals surface area contributed by atoms with Crippen molar-refractivity contribution in [1.82, 2.24) is 4.90 Å². The minimum Gasteiger partial charge on any atom is -0.394 e. The van der Waals surface area contributed by atoms with E-state index in [1.54, 1.807) is 0 Å². The fraction of sp³-hybridized carbons (Fsp3) is 1.00. The molecule has 0 radical (unpaired) electrons. The standard InChI is InChI=1S/C12H26N2O2/c1-10-8-16-11(7-15)6-14(10)5-4-12(2,3)9-13/h10-11,15H,4-9,13H2,1-3H3. The monoisotopic (exact) mass is 230 g/mol. The van der Waals surface area contributed by atoms with Crippen LogP contribution in [-0.2, 0) is 4.74 Å². The van der Waals surface area contributed by atoms with Gasteiger partial charge in [0, 0.05) is 12.6 Å². The molecule has 3 N–H and O–H groups in total. The summed E-state index contributed by atoms with van der Waals surface area (Å²) in [6.45, 7) is 9.97. The van der Waals surface area contributed by atoms with E-state index >= 15 is 0 Å². The van der Waals surface area contributed by atoms with Crippen LogP contribution in [0.4, 0.5) is 0 Å². The summed E-state index contributed by atoms with van der Waals surface area (Å²) in [7, 11) is 0. The average molecular weight is 230 g/mol. The van der Waals surface area contributed by atoms with Gasteiger partial charge in [0.05, 0.1) is 19.3 Å². The molecule has 16 heavy (non-hydrogen) atoms. The first kappa shape index (κ1) is 13.9. The molecule has 1 fully saturated rings. The van der Waals surface area contributed by atoms with Crippen LogP contribution in [0.15, 0.2) is 0 Å². The van der Waals surface area contributed by atoms with E-state index in [0.717, 1.165) is 26.1 Å². The summed E-state index contributed by atoms with van der Waals surface area (Å²) in [5.41, 5.74) is 5.93. The maximum Gasteiger partial charge on any atom is 0.0933 e. The van der Waals surface area contributed by atoms with E-state index in [0.29, 0.717) is 12.6 Å². The Bertz CT molecular complexity index is 209. The second-order valence-electron chi connectivity index (χ2n) is 5.60. The highest BCUT2D eigenvalue weighted by molar-refractivity contribution is 4.79. The predicted octanol–water partition coefficient (Wildman–Crippen LogP) is 0.443. The van der Waals surface area contributed by atoms with Gasteiger partial charge in [-0.1, -0.05) is 13.8 Å². The van der Waals surface area contributed by atoms with E-state index in [-0.39, 0.29) is 18.1 Å². The first-order valence-electron chi connectivity index (χ1n) is 6.15. The molecule has 1 aliphatic heterocycles. The van der Waals surface area contributed by atoms with Crippen molar-refractivity contribution in [3.8, 4) is 0 Å². The largest absolute Gasteiger partial charge is 0.394 e. The van der Waals surface area contributed by atoms with Crippen LogP contribution in [0.5, 0.6) is 0 Å². The average Bonchev–Trinajstić information content (AvgIpc) is 2.28. The van der Waals surface area contributed by atoms with Crippen molar-refractivity contribution in [2.24, 2.45) is 11.1 Å². The van der Waals surface area contributed by atoms with Crippen LogP contribution in [0.2, 0.25) is 0 Å². The van der Waals surface area contributed by atoms with E-state index in [1.807, 2.05) is 0 Å². The second kappa shape index (κ2) is 5.96. The maximum atomic E-state index is 9.10. The smallest absolute Gasteiger partial charge is 0.0933 e. The Hall–Kier alpha value is -0.160. The maximum absolute atomic E-state index is 9.10. The number of aliphatic hydroxyl groups is 1. The number of morpholine rings is 1. The van der Waals surface area contributed by atoms with Crippen LogP contribution in [-0.4, -0.2) is 55.0 Å². The normalized spacial score (nSPS) is 28.3. The highest BCUT2D eigenvalue weighted by atomic mass is 16.5. The number of ether oxygens (including phenoxy) is 1. The van der Waals surface area contributed by atoms with Crippen molar-refractivity contribution in [3.05, 3.63) is 0 Å². The molecular weight excluding hydrogens is 204 g/mol. The van der Waals surface area contributed by atoms with Gasteiger partial charge in [-0.05, 0) is 31.8 Å². The predicted molar refractivity (Wildman–Crippen MR) is 65.3 cm³/mol. The van der Waals surface area contributed by atoms with Gasteiger partial charge in [-0.3, -0.25) is 4.90 Å². The summed E-state index contributed by atoms with van der Waals surface area (Å²) < 4.78 is 5.51. The quantitative estimate of drug-likeness (QED) is 0.719. The highest BCUT2D eigenvalue weighted by Gasteiger charge is 2.27. The Morgan fingerprint density at radius 2 is 2.19 bits per heavy atom. The van der Waals surface area contributed by atoms with Gasteiger partial charge in [0.2, 0.25) is 0 Å². The van der Waals surface area contributed by atoms with Gasteiger partial charge in [-0.15, -0.1) is 0 Å². The fourth-order valence-corrected chi connectivity index (χ4v) is 1.85. The summed E-state index contributed by atoms with van der Waals surface area (Å²) >= 11 is 0. The van der Waals surface area contributed by atoms with Crippen molar-refractivity contribution in [1.29, 1.82) is 0 Å². The number of nitrogens with two attached hydrogens (primary N) is 1. The Morgan fingerprint density at radius 3 is 2.75 bits per heavy atom. The topological polar surface area (TPSA) is 58.7 Å². The van der Waals surface area contributed by atoms with Crippen LogP contribution in [0.25, 0.3) is 0 Å². The molecule has 2 atom stereocenters. The summed E-state index contributed by atoms with van der Waals surface area (Å²) in [5.74, 6) is 0. The van der Waals surface area contributed by atoms with Gasteiger partial charge >= 0.3 is 0 Å². The number of aliphatic hydroxyl groups excluding tert-OH is 1. The van der Waals surface area contributed by atoms with Gasteiger partial charge < -0.3 is 15.6 Å². The Balaban J connectivity index is 2.39. The molecule has 0 aromatic heterocycles. The third-order valence-electron chi connectivity index (χ3n) is 3.47. The van der Waals surface area contributed by atoms with Crippen molar-refractivity contribution < 1.29 is 9.84 Å². The zero-order valence-corrected chi connectivity index (χ0v) is 10.8. The molecule has 2 unspecified atom stereocenters. The SMILES string of the molecule is CC1COC(CO)CN1CCC(C)(C)CN. The van der Waals surface area contributed by atoms with Gasteiger partial charge in [0.25, 0.3) is 0 Å². The van der Waals surface area contributed by atoms with Crippen LogP contribution in [0.1, 0.15) is 27.2 Å². The first-order valence-corrected chi connectivity index (χ1v) is 6.15. The molecule has 0 aliphatic carbocycles. The lowest BCUT2D eigenvalue weighted by atomic mass is 9.89. The molecule has 4 nitrogen and oxygen atoms in total. The van der Waals surface area contributed by atoms with E-state index in [9.17, 15) is 0 Å². The van der Waals surface area contributed by atoms with E-state index in [1.165, 1.54) is 0 Å². The number of rotatable bonds is 5. The minimum absolute atomic E-state index is 0.0165. The molecule has 4 heteroatoms. The van der Waals surface area contributed by atoms with Gasteiger partial charge in [-0.2, -0.15) is 0 Å². The molecule has 1 heterocycles. The van der Waals surface area contributed by atoms with Crippen LogP contribution in [0.3, 0.4) is 0 Å². The molecule has 1 aliphatic rings. The Morgan fingerprint density at radius 1 is 1.50 bits per heavy atom. The molecule has 96 valence electrons. The Labute approximate surface area is 98.8 Å². The molecule has 0 amide bonds. The number of hydrogen-bond donors (Lipinski definition) is 2. The molecule has 1 saturated heterocycles. The van der Waals surface area contributed by atoms with E-state index in [4.69, 9.17) is 15.6 Å². The number of nitrogens with zero attached hydrogens (tertiary/aromatic N) is 1. The summed E-state index contributed by atoms with van der Waals surface area (Å²) in [5, 5.41) is 9.10. The lowest BCUT2D eigenvalue weighted by Gasteiger charge is -2.39. The first-order chi connectivity index (χ1) is 7.48. The Kier molecular flexibility index (Phi) is 5.18. The van der Waals surface area contributed by atoms with Crippen molar-refractivity contribution >= 4 is 0 Å². The molecule has 0 aromatic carbocycles. The zero-order valence-electron chi connectivity index (χ0n) is 10.8. The van der Waals surface area contributed by atoms with Gasteiger partial charge in [-0.25, -0.2) is 0 Å². The number of hydrogen-bond acceptors (Lipinski definition) is 4. The molecule has 1 rings (SSSR count). The lowest BCUT2D eigenvalue weighted by molar-refractivity contribution is -0.0797. The summed E-state index contributed by atoms with van der Waals surface area (Å²) in [6, 6.07) is 0.441.